The lowest BCUT2D eigenvalue weighted by Gasteiger charge is -2.44. The van der Waals surface area contributed by atoms with Crippen molar-refractivity contribution in [2.75, 3.05) is 13.2 Å². The molecule has 0 aliphatic carbocycles. The molecule has 0 radical (unpaired) electrons. The zero-order valence-corrected chi connectivity index (χ0v) is 14.6. The Balaban J connectivity index is 1.88. The molecule has 130 valence electrons. The predicted octanol–water partition coefficient (Wildman–Crippen LogP) is 3.93. The van der Waals surface area contributed by atoms with Crippen LogP contribution in [0.5, 0.6) is 0 Å². The molecule has 2 aliphatic heterocycles. The quantitative estimate of drug-likeness (QED) is 0.782. The maximum absolute atomic E-state index is 13.4. The average Bonchev–Trinajstić information content (AvgIpc) is 2.44. The van der Waals surface area contributed by atoms with Crippen LogP contribution in [0, 0.1) is 12.7 Å². The fourth-order valence-corrected chi connectivity index (χ4v) is 3.38. The van der Waals surface area contributed by atoms with Crippen molar-refractivity contribution in [1.82, 2.24) is 4.90 Å². The van der Waals surface area contributed by atoms with E-state index in [0.717, 1.165) is 16.7 Å². The lowest BCUT2D eigenvalue weighted by atomic mass is 9.88. The summed E-state index contributed by atoms with van der Waals surface area (Å²) in [6.45, 7) is 8.46. The van der Waals surface area contributed by atoms with Gasteiger partial charge in [0.25, 0.3) is 0 Å². The fourth-order valence-electron chi connectivity index (χ4n) is 3.38. The van der Waals surface area contributed by atoms with Crippen LogP contribution in [0.15, 0.2) is 24.3 Å². The zero-order valence-electron chi connectivity index (χ0n) is 14.6. The molecule has 2 unspecified atom stereocenters. The number of carbonyl (C=O) groups is 1. The van der Waals surface area contributed by atoms with Gasteiger partial charge in [0.2, 0.25) is 0 Å². The second-order valence-electron chi connectivity index (χ2n) is 7.50. The number of morpholine rings is 1. The number of aryl methyl sites for hydroxylation is 1. The molecule has 0 saturated carbocycles. The summed E-state index contributed by atoms with van der Waals surface area (Å²) >= 11 is 0. The Kier molecular flexibility index (Phi) is 4.38. The maximum Gasteiger partial charge on any atom is 0.411 e. The van der Waals surface area contributed by atoms with Crippen molar-refractivity contribution >= 4 is 11.7 Å². The number of halogens is 1. The number of carbonyl (C=O) groups excluding carboxylic acids is 1. The molecular weight excluding hydrogens is 309 g/mol. The monoisotopic (exact) mass is 333 g/mol. The van der Waals surface area contributed by atoms with Gasteiger partial charge in [0.05, 0.1) is 25.3 Å². The number of nitrogens with zero attached hydrogens (tertiary/aromatic N) is 1. The molecule has 2 bridgehead atoms. The number of rotatable bonds is 1. The second kappa shape index (κ2) is 6.20. The van der Waals surface area contributed by atoms with Crippen molar-refractivity contribution in [1.29, 1.82) is 0 Å². The van der Waals surface area contributed by atoms with Gasteiger partial charge >= 0.3 is 6.09 Å². The molecular formula is C19H24FNO3. The van der Waals surface area contributed by atoms with E-state index in [1.807, 2.05) is 33.8 Å². The van der Waals surface area contributed by atoms with Crippen LogP contribution in [-0.4, -0.2) is 41.9 Å². The Morgan fingerprint density at radius 3 is 2.71 bits per heavy atom. The van der Waals surface area contributed by atoms with Crippen LogP contribution in [0.4, 0.5) is 9.18 Å². The number of ether oxygens (including phenoxy) is 2. The summed E-state index contributed by atoms with van der Waals surface area (Å²) < 4.78 is 24.5. The Labute approximate surface area is 142 Å². The van der Waals surface area contributed by atoms with Gasteiger partial charge in [0, 0.05) is 0 Å². The van der Waals surface area contributed by atoms with E-state index >= 15 is 0 Å². The molecule has 2 heterocycles. The highest BCUT2D eigenvalue weighted by Gasteiger charge is 2.40. The van der Waals surface area contributed by atoms with Crippen molar-refractivity contribution in [3.05, 3.63) is 41.2 Å². The highest BCUT2D eigenvalue weighted by molar-refractivity contribution is 5.75. The topological polar surface area (TPSA) is 38.8 Å². The van der Waals surface area contributed by atoms with Gasteiger partial charge in [-0.15, -0.1) is 0 Å². The normalized spacial score (nSPS) is 23.7. The van der Waals surface area contributed by atoms with Crippen LogP contribution in [0.25, 0.3) is 5.57 Å². The van der Waals surface area contributed by atoms with E-state index in [-0.39, 0.29) is 24.0 Å². The van der Waals surface area contributed by atoms with Gasteiger partial charge in [-0.3, -0.25) is 4.90 Å². The molecule has 3 rings (SSSR count). The van der Waals surface area contributed by atoms with Crippen molar-refractivity contribution in [3.8, 4) is 0 Å². The molecule has 0 aromatic heterocycles. The van der Waals surface area contributed by atoms with E-state index in [0.29, 0.717) is 19.6 Å². The first-order valence-electron chi connectivity index (χ1n) is 8.31. The smallest absolute Gasteiger partial charge is 0.411 e. The highest BCUT2D eigenvalue weighted by Crippen LogP contribution is 2.34. The molecule has 4 nitrogen and oxygen atoms in total. The molecule has 1 saturated heterocycles. The predicted molar refractivity (Wildman–Crippen MR) is 90.2 cm³/mol. The van der Waals surface area contributed by atoms with Crippen LogP contribution in [-0.2, 0) is 9.47 Å². The van der Waals surface area contributed by atoms with E-state index in [4.69, 9.17) is 9.47 Å². The molecule has 1 aromatic carbocycles. The average molecular weight is 333 g/mol. The minimum absolute atomic E-state index is 0.0527. The lowest BCUT2D eigenvalue weighted by molar-refractivity contribution is -0.0510. The number of fused-ring (bicyclic) bond motifs is 2. The van der Waals surface area contributed by atoms with Gasteiger partial charge in [0.15, 0.2) is 0 Å². The number of hydrogen-bond donors (Lipinski definition) is 0. The van der Waals surface area contributed by atoms with Crippen LogP contribution in [0.1, 0.15) is 38.3 Å². The largest absolute Gasteiger partial charge is 0.444 e. The Morgan fingerprint density at radius 2 is 2.08 bits per heavy atom. The molecule has 5 heteroatoms. The number of hydrogen-bond acceptors (Lipinski definition) is 3. The Bertz CT molecular complexity index is 678. The van der Waals surface area contributed by atoms with Crippen LogP contribution in [0.3, 0.4) is 0 Å². The number of amides is 1. The summed E-state index contributed by atoms with van der Waals surface area (Å²) in [6.07, 6.45) is 2.44. The summed E-state index contributed by atoms with van der Waals surface area (Å²) in [5.74, 6) is -0.230. The van der Waals surface area contributed by atoms with Gasteiger partial charge in [-0.05, 0) is 62.9 Å². The van der Waals surface area contributed by atoms with Gasteiger partial charge in [-0.25, -0.2) is 9.18 Å². The Hall–Kier alpha value is -1.88. The molecule has 1 aromatic rings. The van der Waals surface area contributed by atoms with Crippen LogP contribution in [0.2, 0.25) is 0 Å². The molecule has 0 spiro atoms. The summed E-state index contributed by atoms with van der Waals surface area (Å²) in [4.78, 5) is 14.3. The highest BCUT2D eigenvalue weighted by atomic mass is 19.1. The summed E-state index contributed by atoms with van der Waals surface area (Å²) in [5.41, 5.74) is 2.57. The van der Waals surface area contributed by atoms with Crippen LogP contribution < -0.4 is 0 Å². The Morgan fingerprint density at radius 1 is 1.33 bits per heavy atom. The first kappa shape index (κ1) is 17.0. The van der Waals surface area contributed by atoms with Gasteiger partial charge in [-0.2, -0.15) is 0 Å². The fraction of sp³-hybridized carbons (Fsp3) is 0.526. The third-order valence-corrected chi connectivity index (χ3v) is 4.34. The van der Waals surface area contributed by atoms with Crippen molar-refractivity contribution in [2.24, 2.45) is 0 Å². The first-order valence-corrected chi connectivity index (χ1v) is 8.31. The van der Waals surface area contributed by atoms with E-state index in [1.54, 1.807) is 11.0 Å². The molecule has 2 atom stereocenters. The molecule has 24 heavy (non-hydrogen) atoms. The third-order valence-electron chi connectivity index (χ3n) is 4.34. The van der Waals surface area contributed by atoms with Crippen molar-refractivity contribution in [3.63, 3.8) is 0 Å². The molecule has 1 amide bonds. The molecule has 2 aliphatic rings. The minimum Gasteiger partial charge on any atom is -0.444 e. The molecule has 1 fully saturated rings. The number of benzene rings is 1. The van der Waals surface area contributed by atoms with Gasteiger partial charge in [0.1, 0.15) is 11.4 Å². The minimum atomic E-state index is -0.524. The summed E-state index contributed by atoms with van der Waals surface area (Å²) in [6, 6.07) is 4.64. The maximum atomic E-state index is 13.4. The van der Waals surface area contributed by atoms with E-state index in [1.165, 1.54) is 6.07 Å². The van der Waals surface area contributed by atoms with Crippen LogP contribution >= 0.6 is 0 Å². The van der Waals surface area contributed by atoms with E-state index in [2.05, 4.69) is 6.08 Å². The summed E-state index contributed by atoms with van der Waals surface area (Å²) in [7, 11) is 0. The van der Waals surface area contributed by atoms with Crippen molar-refractivity contribution < 1.29 is 18.7 Å². The van der Waals surface area contributed by atoms with E-state index < -0.39 is 5.60 Å². The van der Waals surface area contributed by atoms with Crippen molar-refractivity contribution in [2.45, 2.75) is 51.8 Å². The van der Waals surface area contributed by atoms with Gasteiger partial charge < -0.3 is 9.47 Å². The SMILES string of the molecule is Cc1cc(F)ccc1C1=CC2COCC(C1)N2C(=O)OC(C)(C)C. The third kappa shape index (κ3) is 3.46. The lowest BCUT2D eigenvalue weighted by Crippen LogP contribution is -2.57. The van der Waals surface area contributed by atoms with E-state index in [9.17, 15) is 9.18 Å². The second-order valence-corrected chi connectivity index (χ2v) is 7.50. The summed E-state index contributed by atoms with van der Waals surface area (Å²) in [5, 5.41) is 0. The molecule has 0 N–H and O–H groups in total. The standard InChI is InChI=1S/C19H24FNO3/c1-12-7-14(20)5-6-17(12)13-8-15-10-23-11-16(9-13)21(15)18(22)24-19(2,3)4/h5-8,15-16H,9-11H2,1-4H3. The first-order chi connectivity index (χ1) is 11.2. The van der Waals surface area contributed by atoms with Gasteiger partial charge in [-0.1, -0.05) is 12.1 Å². The zero-order chi connectivity index (χ0) is 17.5.